The van der Waals surface area contributed by atoms with Gasteiger partial charge in [0.15, 0.2) is 11.6 Å². The number of anilines is 1. The molecule has 2 N–H and O–H groups in total. The number of hydrogen-bond donors (Lipinski definition) is 1. The van der Waals surface area contributed by atoms with E-state index < -0.39 is 5.82 Å². The third-order valence-electron chi connectivity index (χ3n) is 5.30. The van der Waals surface area contributed by atoms with Crippen molar-refractivity contribution in [1.29, 1.82) is 0 Å². The summed E-state index contributed by atoms with van der Waals surface area (Å²) in [6, 6.07) is 8.54. The van der Waals surface area contributed by atoms with E-state index in [4.69, 9.17) is 20.3 Å². The molecule has 1 atom stereocenters. The summed E-state index contributed by atoms with van der Waals surface area (Å²) in [6.45, 7) is 0.777. The maximum atomic E-state index is 14.2. The molecule has 1 aliphatic heterocycles. The number of rotatable bonds is 4. The molecule has 1 unspecified atom stereocenters. The quantitative estimate of drug-likeness (QED) is 0.650. The predicted molar refractivity (Wildman–Crippen MR) is 101 cm³/mol. The fourth-order valence-corrected chi connectivity index (χ4v) is 3.69. The summed E-state index contributed by atoms with van der Waals surface area (Å²) in [7, 11) is 0. The molecule has 2 heterocycles. The van der Waals surface area contributed by atoms with E-state index >= 15 is 0 Å². The number of nitrogens with two attached hydrogens (primary N) is 1. The Bertz CT molecular complexity index is 991. The Balaban J connectivity index is 1.53. The van der Waals surface area contributed by atoms with Gasteiger partial charge in [-0.3, -0.25) is 0 Å². The SMILES string of the molecule is Nc1ccc(Oc2cc3cn(C4CCCCO4)nc3cc2C2CC2)c(F)c1. The van der Waals surface area contributed by atoms with E-state index in [0.29, 0.717) is 17.4 Å². The van der Waals surface area contributed by atoms with Crippen molar-refractivity contribution < 1.29 is 13.9 Å². The van der Waals surface area contributed by atoms with Crippen molar-refractivity contribution in [2.75, 3.05) is 12.3 Å². The van der Waals surface area contributed by atoms with Gasteiger partial charge in [-0.1, -0.05) is 0 Å². The number of nitrogens with zero attached hydrogens (tertiary/aromatic N) is 2. The minimum Gasteiger partial charge on any atom is -0.454 e. The third-order valence-corrected chi connectivity index (χ3v) is 5.30. The van der Waals surface area contributed by atoms with Crippen LogP contribution in [0.1, 0.15) is 49.8 Å². The van der Waals surface area contributed by atoms with Crippen molar-refractivity contribution in [3.63, 3.8) is 0 Å². The number of halogens is 1. The molecule has 0 spiro atoms. The van der Waals surface area contributed by atoms with Crippen LogP contribution in [-0.4, -0.2) is 16.4 Å². The Hall–Kier alpha value is -2.60. The predicted octanol–water partition coefficient (Wildman–Crippen LogP) is 5.13. The maximum absolute atomic E-state index is 14.2. The summed E-state index contributed by atoms with van der Waals surface area (Å²) in [6.07, 6.45) is 7.47. The van der Waals surface area contributed by atoms with Crippen molar-refractivity contribution in [2.24, 2.45) is 0 Å². The average Bonchev–Trinajstić information content (AvgIpc) is 3.43. The van der Waals surface area contributed by atoms with E-state index in [-0.39, 0.29) is 12.0 Å². The van der Waals surface area contributed by atoms with Crippen LogP contribution in [0.3, 0.4) is 0 Å². The minimum absolute atomic E-state index is 0.00515. The van der Waals surface area contributed by atoms with Gasteiger partial charge in [0, 0.05) is 35.5 Å². The second-order valence-corrected chi connectivity index (χ2v) is 7.45. The fraction of sp³-hybridized carbons (Fsp3) is 0.381. The normalized spacial score (nSPS) is 20.1. The van der Waals surface area contributed by atoms with Crippen molar-refractivity contribution >= 4 is 16.6 Å². The Morgan fingerprint density at radius 1 is 1.11 bits per heavy atom. The van der Waals surface area contributed by atoms with Crippen LogP contribution in [0.25, 0.3) is 10.9 Å². The molecular weight excluding hydrogens is 345 g/mol. The van der Waals surface area contributed by atoms with Crippen molar-refractivity contribution in [1.82, 2.24) is 9.78 Å². The summed E-state index contributed by atoms with van der Waals surface area (Å²) >= 11 is 0. The first kappa shape index (κ1) is 16.6. The number of aromatic nitrogens is 2. The molecule has 2 aliphatic rings. The Morgan fingerprint density at radius 2 is 2.00 bits per heavy atom. The third kappa shape index (κ3) is 3.25. The first-order valence-corrected chi connectivity index (χ1v) is 9.55. The zero-order chi connectivity index (χ0) is 18.4. The van der Waals surface area contributed by atoms with E-state index in [1.54, 1.807) is 12.1 Å². The molecule has 0 bridgehead atoms. The standard InChI is InChI=1S/C21H22FN3O2/c22-17-10-15(23)6-7-19(17)27-20-9-14-12-25(21-3-1-2-8-26-21)24-18(14)11-16(20)13-4-5-13/h6-7,9-13,21H,1-5,8,23H2. The lowest BCUT2D eigenvalue weighted by molar-refractivity contribution is -0.0390. The largest absolute Gasteiger partial charge is 0.454 e. The van der Waals surface area contributed by atoms with Gasteiger partial charge in [0.2, 0.25) is 0 Å². The topological polar surface area (TPSA) is 62.3 Å². The molecule has 5 rings (SSSR count). The molecule has 0 amide bonds. The monoisotopic (exact) mass is 367 g/mol. The van der Waals surface area contributed by atoms with Gasteiger partial charge in [-0.25, -0.2) is 9.07 Å². The molecule has 1 aliphatic carbocycles. The van der Waals surface area contributed by atoms with E-state index in [1.165, 1.54) is 6.07 Å². The molecular formula is C21H22FN3O2. The summed E-state index contributed by atoms with van der Waals surface area (Å²) in [5.41, 5.74) is 8.04. The molecule has 2 aromatic carbocycles. The Labute approximate surface area is 156 Å². The summed E-state index contributed by atoms with van der Waals surface area (Å²) in [5.74, 6) is 0.881. The lowest BCUT2D eigenvalue weighted by atomic mass is 10.1. The zero-order valence-corrected chi connectivity index (χ0v) is 15.0. The van der Waals surface area contributed by atoms with E-state index in [0.717, 1.165) is 55.2 Å². The van der Waals surface area contributed by atoms with Gasteiger partial charge in [-0.05, 0) is 62.3 Å². The molecule has 1 saturated carbocycles. The zero-order valence-electron chi connectivity index (χ0n) is 15.0. The average molecular weight is 367 g/mol. The molecule has 1 aromatic heterocycles. The van der Waals surface area contributed by atoms with Crippen molar-refractivity contribution in [3.05, 3.63) is 47.9 Å². The van der Waals surface area contributed by atoms with Crippen LogP contribution in [0.2, 0.25) is 0 Å². The van der Waals surface area contributed by atoms with E-state index in [9.17, 15) is 4.39 Å². The van der Waals surface area contributed by atoms with Crippen molar-refractivity contribution in [2.45, 2.75) is 44.2 Å². The second-order valence-electron chi connectivity index (χ2n) is 7.45. The smallest absolute Gasteiger partial charge is 0.167 e. The highest BCUT2D eigenvalue weighted by Gasteiger charge is 2.28. The van der Waals surface area contributed by atoms with Crippen LogP contribution in [0.15, 0.2) is 36.5 Å². The Morgan fingerprint density at radius 3 is 2.74 bits per heavy atom. The second kappa shape index (κ2) is 6.53. The van der Waals surface area contributed by atoms with Gasteiger partial charge >= 0.3 is 0 Å². The Kier molecular flexibility index (Phi) is 4.01. The molecule has 0 radical (unpaired) electrons. The maximum Gasteiger partial charge on any atom is 0.167 e. The first-order chi connectivity index (χ1) is 13.2. The minimum atomic E-state index is -0.455. The first-order valence-electron chi connectivity index (χ1n) is 9.55. The van der Waals surface area contributed by atoms with Crippen LogP contribution in [0.4, 0.5) is 10.1 Å². The lowest BCUT2D eigenvalue weighted by Crippen LogP contribution is -2.18. The fourth-order valence-electron chi connectivity index (χ4n) is 3.69. The van der Waals surface area contributed by atoms with Gasteiger partial charge in [-0.2, -0.15) is 5.10 Å². The number of hydrogen-bond acceptors (Lipinski definition) is 4. The van der Waals surface area contributed by atoms with Crippen LogP contribution >= 0.6 is 0 Å². The van der Waals surface area contributed by atoms with Gasteiger partial charge in [0.05, 0.1) is 5.52 Å². The summed E-state index contributed by atoms with van der Waals surface area (Å²) in [5, 5.41) is 5.70. The molecule has 3 aromatic rings. The molecule has 1 saturated heterocycles. The van der Waals surface area contributed by atoms with Crippen LogP contribution in [-0.2, 0) is 4.74 Å². The molecule has 27 heavy (non-hydrogen) atoms. The lowest BCUT2D eigenvalue weighted by Gasteiger charge is -2.22. The number of benzene rings is 2. The number of fused-ring (bicyclic) bond motifs is 1. The summed E-state index contributed by atoms with van der Waals surface area (Å²) < 4.78 is 27.9. The van der Waals surface area contributed by atoms with Crippen LogP contribution in [0.5, 0.6) is 11.5 Å². The molecule has 2 fully saturated rings. The van der Waals surface area contributed by atoms with E-state index in [2.05, 4.69) is 6.07 Å². The summed E-state index contributed by atoms with van der Waals surface area (Å²) in [4.78, 5) is 0. The molecule has 5 nitrogen and oxygen atoms in total. The number of ether oxygens (including phenoxy) is 2. The van der Waals surface area contributed by atoms with Gasteiger partial charge in [-0.15, -0.1) is 0 Å². The van der Waals surface area contributed by atoms with Crippen molar-refractivity contribution in [3.8, 4) is 11.5 Å². The molecule has 6 heteroatoms. The van der Waals surface area contributed by atoms with Gasteiger partial charge < -0.3 is 15.2 Å². The van der Waals surface area contributed by atoms with Gasteiger partial charge in [0.1, 0.15) is 12.0 Å². The highest BCUT2D eigenvalue weighted by atomic mass is 19.1. The highest BCUT2D eigenvalue weighted by Crippen LogP contribution is 2.47. The van der Waals surface area contributed by atoms with Gasteiger partial charge in [0.25, 0.3) is 0 Å². The number of nitrogen functional groups attached to an aromatic ring is 1. The highest BCUT2D eigenvalue weighted by molar-refractivity contribution is 5.81. The molecule has 140 valence electrons. The van der Waals surface area contributed by atoms with Crippen LogP contribution in [0, 0.1) is 5.82 Å². The van der Waals surface area contributed by atoms with E-state index in [1.807, 2.05) is 16.9 Å². The van der Waals surface area contributed by atoms with Crippen LogP contribution < -0.4 is 10.5 Å².